The molecule has 5 heteroatoms. The lowest BCUT2D eigenvalue weighted by Gasteiger charge is -2.30. The highest BCUT2D eigenvalue weighted by Crippen LogP contribution is 2.37. The summed E-state index contributed by atoms with van der Waals surface area (Å²) >= 11 is 0. The van der Waals surface area contributed by atoms with E-state index in [1.165, 1.54) is 4.90 Å². The number of aldehydes is 1. The Morgan fingerprint density at radius 1 is 1.47 bits per heavy atom. The van der Waals surface area contributed by atoms with Crippen LogP contribution >= 0.6 is 0 Å². The zero-order valence-corrected chi connectivity index (χ0v) is 9.93. The predicted molar refractivity (Wildman–Crippen MR) is 60.9 cm³/mol. The summed E-state index contributed by atoms with van der Waals surface area (Å²) in [6, 6.07) is 0. The number of nitrogens with zero attached hydrogens (tertiary/aromatic N) is 1. The molecule has 2 aliphatic rings. The lowest BCUT2D eigenvalue weighted by atomic mass is 9.77. The van der Waals surface area contributed by atoms with Gasteiger partial charge in [-0.05, 0) is 31.6 Å². The molecule has 96 valence electrons. The molecular formula is C12H19NO4. The highest BCUT2D eigenvalue weighted by molar-refractivity contribution is 5.69. The molecule has 5 nitrogen and oxygen atoms in total. The summed E-state index contributed by atoms with van der Waals surface area (Å²) in [4.78, 5) is 23.6. The van der Waals surface area contributed by atoms with E-state index in [1.807, 2.05) is 0 Å². The van der Waals surface area contributed by atoms with Crippen LogP contribution < -0.4 is 0 Å². The highest BCUT2D eigenvalue weighted by Gasteiger charge is 2.41. The fourth-order valence-electron chi connectivity index (χ4n) is 2.90. The Morgan fingerprint density at radius 3 is 2.71 bits per heavy atom. The summed E-state index contributed by atoms with van der Waals surface area (Å²) in [5, 5.41) is 8.94. The molecule has 1 amide bonds. The second-order valence-electron chi connectivity index (χ2n) is 5.19. The average Bonchev–Trinajstić information content (AvgIpc) is 2.76. The molecule has 0 radical (unpaired) electrons. The van der Waals surface area contributed by atoms with E-state index in [0.29, 0.717) is 25.4 Å². The molecule has 0 bridgehead atoms. The first kappa shape index (κ1) is 12.4. The zero-order valence-electron chi connectivity index (χ0n) is 9.93. The van der Waals surface area contributed by atoms with Crippen molar-refractivity contribution in [3.8, 4) is 0 Å². The Bertz CT molecular complexity index is 301. The minimum absolute atomic E-state index is 0.364. The van der Waals surface area contributed by atoms with Crippen LogP contribution in [0.5, 0.6) is 0 Å². The second kappa shape index (κ2) is 5.04. The quantitative estimate of drug-likeness (QED) is 0.758. The van der Waals surface area contributed by atoms with Crippen LogP contribution in [-0.4, -0.2) is 48.7 Å². The van der Waals surface area contributed by atoms with Crippen LogP contribution in [0.3, 0.4) is 0 Å². The first-order chi connectivity index (χ1) is 8.15. The SMILES string of the molecule is O=CC1(CC2CCOCC2)CCN(C(=O)O)C1. The molecule has 2 rings (SSSR count). The van der Waals surface area contributed by atoms with Gasteiger partial charge in [-0.25, -0.2) is 4.79 Å². The van der Waals surface area contributed by atoms with Crippen LogP contribution in [0.15, 0.2) is 0 Å². The Labute approximate surface area is 101 Å². The molecular weight excluding hydrogens is 222 g/mol. The molecule has 0 aromatic carbocycles. The number of rotatable bonds is 3. The van der Waals surface area contributed by atoms with Gasteiger partial charge >= 0.3 is 6.09 Å². The van der Waals surface area contributed by atoms with Crippen LogP contribution in [0, 0.1) is 11.3 Å². The van der Waals surface area contributed by atoms with Crippen molar-refractivity contribution in [3.05, 3.63) is 0 Å². The third kappa shape index (κ3) is 2.77. The normalized spacial score (nSPS) is 30.5. The van der Waals surface area contributed by atoms with E-state index >= 15 is 0 Å². The largest absolute Gasteiger partial charge is 0.465 e. The van der Waals surface area contributed by atoms with Gasteiger partial charge in [-0.15, -0.1) is 0 Å². The molecule has 0 aromatic heterocycles. The van der Waals surface area contributed by atoms with Crippen molar-refractivity contribution in [2.75, 3.05) is 26.3 Å². The fourth-order valence-corrected chi connectivity index (χ4v) is 2.90. The van der Waals surface area contributed by atoms with Gasteiger partial charge in [0.15, 0.2) is 0 Å². The van der Waals surface area contributed by atoms with E-state index in [-0.39, 0.29) is 0 Å². The molecule has 1 unspecified atom stereocenters. The van der Waals surface area contributed by atoms with E-state index in [4.69, 9.17) is 9.84 Å². The first-order valence-corrected chi connectivity index (χ1v) is 6.17. The number of likely N-dealkylation sites (tertiary alicyclic amines) is 1. The van der Waals surface area contributed by atoms with Crippen molar-refractivity contribution in [1.29, 1.82) is 0 Å². The molecule has 0 spiro atoms. The third-order valence-corrected chi connectivity index (χ3v) is 3.94. The highest BCUT2D eigenvalue weighted by atomic mass is 16.5. The van der Waals surface area contributed by atoms with E-state index in [1.54, 1.807) is 0 Å². The Balaban J connectivity index is 1.95. The van der Waals surface area contributed by atoms with Crippen molar-refractivity contribution >= 4 is 12.4 Å². The van der Waals surface area contributed by atoms with Gasteiger partial charge in [0.2, 0.25) is 0 Å². The topological polar surface area (TPSA) is 66.8 Å². The molecule has 0 aromatic rings. The number of carboxylic acid groups (broad SMARTS) is 1. The molecule has 2 saturated heterocycles. The van der Waals surface area contributed by atoms with Crippen molar-refractivity contribution in [2.24, 2.45) is 11.3 Å². The lowest BCUT2D eigenvalue weighted by Crippen LogP contribution is -2.34. The van der Waals surface area contributed by atoms with E-state index in [0.717, 1.165) is 38.8 Å². The summed E-state index contributed by atoms with van der Waals surface area (Å²) in [5.41, 5.74) is -0.444. The van der Waals surface area contributed by atoms with Crippen LogP contribution in [0.2, 0.25) is 0 Å². The predicted octanol–water partition coefficient (Wildman–Crippen LogP) is 1.37. The Kier molecular flexibility index (Phi) is 3.66. The van der Waals surface area contributed by atoms with Gasteiger partial charge in [0, 0.05) is 31.7 Å². The molecule has 2 aliphatic heterocycles. The maximum Gasteiger partial charge on any atom is 0.407 e. The summed E-state index contributed by atoms with van der Waals surface area (Å²) in [7, 11) is 0. The van der Waals surface area contributed by atoms with E-state index < -0.39 is 11.5 Å². The average molecular weight is 241 g/mol. The van der Waals surface area contributed by atoms with Crippen LogP contribution in [-0.2, 0) is 9.53 Å². The van der Waals surface area contributed by atoms with Gasteiger partial charge < -0.3 is 19.5 Å². The van der Waals surface area contributed by atoms with Crippen molar-refractivity contribution in [1.82, 2.24) is 4.90 Å². The Hall–Kier alpha value is -1.10. The van der Waals surface area contributed by atoms with Crippen molar-refractivity contribution in [3.63, 3.8) is 0 Å². The summed E-state index contributed by atoms with van der Waals surface area (Å²) < 4.78 is 5.30. The maximum atomic E-state index is 11.3. The zero-order chi connectivity index (χ0) is 12.3. The third-order valence-electron chi connectivity index (χ3n) is 3.94. The minimum atomic E-state index is -0.916. The van der Waals surface area contributed by atoms with Gasteiger partial charge in [0.05, 0.1) is 0 Å². The lowest BCUT2D eigenvalue weighted by molar-refractivity contribution is -0.117. The van der Waals surface area contributed by atoms with Crippen LogP contribution in [0.1, 0.15) is 25.7 Å². The van der Waals surface area contributed by atoms with Crippen molar-refractivity contribution < 1.29 is 19.4 Å². The molecule has 2 heterocycles. The van der Waals surface area contributed by atoms with Gasteiger partial charge in [-0.1, -0.05) is 0 Å². The number of hydrogen-bond acceptors (Lipinski definition) is 3. The van der Waals surface area contributed by atoms with Gasteiger partial charge in [-0.3, -0.25) is 0 Å². The van der Waals surface area contributed by atoms with E-state index in [9.17, 15) is 9.59 Å². The maximum absolute atomic E-state index is 11.3. The van der Waals surface area contributed by atoms with Crippen LogP contribution in [0.25, 0.3) is 0 Å². The molecule has 2 fully saturated rings. The Morgan fingerprint density at radius 2 is 2.18 bits per heavy atom. The standard InChI is InChI=1S/C12H19NO4/c14-9-12(3-4-13(8-12)11(15)16)7-10-1-5-17-6-2-10/h9-10H,1-8H2,(H,15,16). The summed E-state index contributed by atoms with van der Waals surface area (Å²) in [6.45, 7) is 2.38. The van der Waals surface area contributed by atoms with Gasteiger partial charge in [0.1, 0.15) is 6.29 Å². The van der Waals surface area contributed by atoms with Gasteiger partial charge in [-0.2, -0.15) is 0 Å². The molecule has 1 atom stereocenters. The molecule has 1 N–H and O–H groups in total. The number of ether oxygens (including phenoxy) is 1. The molecule has 0 aliphatic carbocycles. The number of hydrogen-bond donors (Lipinski definition) is 1. The monoisotopic (exact) mass is 241 g/mol. The first-order valence-electron chi connectivity index (χ1n) is 6.17. The van der Waals surface area contributed by atoms with Crippen molar-refractivity contribution in [2.45, 2.75) is 25.7 Å². The summed E-state index contributed by atoms with van der Waals surface area (Å²) in [6.07, 6.45) is 3.52. The van der Waals surface area contributed by atoms with Gasteiger partial charge in [0.25, 0.3) is 0 Å². The molecule has 17 heavy (non-hydrogen) atoms. The minimum Gasteiger partial charge on any atom is -0.465 e. The fraction of sp³-hybridized carbons (Fsp3) is 0.833. The number of carbonyl (C=O) groups is 2. The summed E-state index contributed by atoms with van der Waals surface area (Å²) in [5.74, 6) is 0.502. The van der Waals surface area contributed by atoms with Crippen LogP contribution in [0.4, 0.5) is 4.79 Å². The number of carbonyl (C=O) groups excluding carboxylic acids is 1. The van der Waals surface area contributed by atoms with E-state index in [2.05, 4.69) is 0 Å². The smallest absolute Gasteiger partial charge is 0.407 e. The molecule has 0 saturated carbocycles. The second-order valence-corrected chi connectivity index (χ2v) is 5.19. The number of amides is 1.